The van der Waals surface area contributed by atoms with Gasteiger partial charge in [-0.2, -0.15) is 5.26 Å². The molecular weight excluding hydrogens is 265 g/mol. The molecule has 0 aromatic heterocycles. The van der Waals surface area contributed by atoms with Crippen LogP contribution in [0.3, 0.4) is 0 Å². The molecule has 1 aromatic rings. The first-order chi connectivity index (χ1) is 10.2. The van der Waals surface area contributed by atoms with Crippen LogP contribution in [0.25, 0.3) is 5.57 Å². The molecule has 0 spiro atoms. The Morgan fingerprint density at radius 2 is 1.95 bits per heavy atom. The van der Waals surface area contributed by atoms with Crippen molar-refractivity contribution >= 4 is 5.57 Å². The molecule has 1 N–H and O–H groups in total. The molecule has 110 valence electrons. The Morgan fingerprint density at radius 1 is 1.19 bits per heavy atom. The number of hydrogen-bond donors (Lipinski definition) is 1. The highest BCUT2D eigenvalue weighted by Crippen LogP contribution is 2.41. The number of allylic oxidation sites excluding steroid dienone is 3. The highest BCUT2D eigenvalue weighted by molar-refractivity contribution is 5.75. The number of unbranched alkanes of at least 4 members (excludes halogenated alkanes) is 3. The van der Waals surface area contributed by atoms with Crippen molar-refractivity contribution in [3.63, 3.8) is 0 Å². The maximum absolute atomic E-state index is 15.3. The molecule has 0 saturated heterocycles. The van der Waals surface area contributed by atoms with E-state index in [9.17, 15) is 5.11 Å². The fraction of sp³-hybridized carbons (Fsp3) is 0.389. The first-order valence-electron chi connectivity index (χ1n) is 7.38. The van der Waals surface area contributed by atoms with E-state index < -0.39 is 5.67 Å². The summed E-state index contributed by atoms with van der Waals surface area (Å²) in [6.07, 6.45) is 6.66. The number of hydrogen-bond acceptors (Lipinski definition) is 2. The zero-order chi connectivity index (χ0) is 15.1. The van der Waals surface area contributed by atoms with Gasteiger partial charge in [0.05, 0.1) is 6.07 Å². The maximum Gasteiger partial charge on any atom is 0.140 e. The van der Waals surface area contributed by atoms with Gasteiger partial charge in [0.15, 0.2) is 0 Å². The van der Waals surface area contributed by atoms with Crippen LogP contribution in [0, 0.1) is 11.3 Å². The van der Waals surface area contributed by atoms with E-state index in [1.165, 1.54) is 6.08 Å². The Balaban J connectivity index is 2.10. The predicted molar refractivity (Wildman–Crippen MR) is 82.3 cm³/mol. The van der Waals surface area contributed by atoms with Crippen LogP contribution in [0.5, 0.6) is 0 Å². The zero-order valence-electron chi connectivity index (χ0n) is 12.1. The summed E-state index contributed by atoms with van der Waals surface area (Å²) in [6.45, 7) is 0. The van der Waals surface area contributed by atoms with Crippen molar-refractivity contribution in [2.45, 2.75) is 44.2 Å². The van der Waals surface area contributed by atoms with E-state index in [1.54, 1.807) is 6.08 Å². The van der Waals surface area contributed by atoms with Crippen molar-refractivity contribution in [3.8, 4) is 6.07 Å². The van der Waals surface area contributed by atoms with E-state index in [-0.39, 0.29) is 12.2 Å². The predicted octanol–water partition coefficient (Wildman–Crippen LogP) is 5.10. The van der Waals surface area contributed by atoms with E-state index in [1.807, 2.05) is 30.3 Å². The average molecular weight is 285 g/mol. The lowest BCUT2D eigenvalue weighted by Gasteiger charge is -2.30. The molecule has 2 nitrogen and oxygen atoms in total. The van der Waals surface area contributed by atoms with Crippen molar-refractivity contribution < 1.29 is 9.50 Å². The SMILES string of the molecule is N#CCCCCCC1(F)CC=C(O)C=C1c1ccccc1. The van der Waals surface area contributed by atoms with E-state index in [2.05, 4.69) is 6.07 Å². The summed E-state index contributed by atoms with van der Waals surface area (Å²) >= 11 is 0. The highest BCUT2D eigenvalue weighted by Gasteiger charge is 2.35. The number of rotatable bonds is 6. The van der Waals surface area contributed by atoms with Crippen molar-refractivity contribution in [3.05, 3.63) is 53.8 Å². The Hall–Kier alpha value is -2.08. The van der Waals surface area contributed by atoms with E-state index in [4.69, 9.17) is 5.26 Å². The normalized spacial score (nSPS) is 21.3. The highest BCUT2D eigenvalue weighted by atomic mass is 19.1. The van der Waals surface area contributed by atoms with Gasteiger partial charge < -0.3 is 5.11 Å². The molecule has 0 fully saturated rings. The van der Waals surface area contributed by atoms with Gasteiger partial charge in [0.2, 0.25) is 0 Å². The molecule has 21 heavy (non-hydrogen) atoms. The minimum Gasteiger partial charge on any atom is -0.508 e. The monoisotopic (exact) mass is 285 g/mol. The smallest absolute Gasteiger partial charge is 0.140 e. The minimum atomic E-state index is -1.43. The van der Waals surface area contributed by atoms with Crippen LogP contribution in [0.1, 0.15) is 44.1 Å². The molecule has 3 heteroatoms. The lowest BCUT2D eigenvalue weighted by atomic mass is 9.80. The molecule has 1 unspecified atom stereocenters. The summed E-state index contributed by atoms with van der Waals surface area (Å²) in [4.78, 5) is 0. The second-order valence-corrected chi connectivity index (χ2v) is 5.44. The molecule has 0 bridgehead atoms. The van der Waals surface area contributed by atoms with Crippen LogP contribution >= 0.6 is 0 Å². The van der Waals surface area contributed by atoms with Gasteiger partial charge in [-0.15, -0.1) is 0 Å². The maximum atomic E-state index is 15.3. The number of benzene rings is 1. The van der Waals surface area contributed by atoms with Gasteiger partial charge in [0.1, 0.15) is 11.4 Å². The van der Waals surface area contributed by atoms with Crippen molar-refractivity contribution in [2.24, 2.45) is 0 Å². The van der Waals surface area contributed by atoms with Crippen LogP contribution in [0.2, 0.25) is 0 Å². The standard InChI is InChI=1S/C18H20FNO/c19-18(11-6-1-2-7-13-20)12-10-16(21)14-17(18)15-8-4-3-5-9-15/h3-5,8-10,14,21H,1-2,6-7,11-12H2. The van der Waals surface area contributed by atoms with Gasteiger partial charge in [-0.3, -0.25) is 0 Å². The molecule has 0 aliphatic heterocycles. The molecule has 2 rings (SSSR count). The first kappa shape index (κ1) is 15.3. The van der Waals surface area contributed by atoms with Crippen molar-refractivity contribution in [1.82, 2.24) is 0 Å². The summed E-state index contributed by atoms with van der Waals surface area (Å²) in [5.41, 5.74) is -0.0553. The number of aliphatic hydroxyl groups excluding tert-OH is 1. The van der Waals surface area contributed by atoms with Crippen molar-refractivity contribution in [2.75, 3.05) is 0 Å². The lowest BCUT2D eigenvalue weighted by molar-refractivity contribution is 0.217. The summed E-state index contributed by atoms with van der Waals surface area (Å²) in [6, 6.07) is 11.5. The van der Waals surface area contributed by atoms with E-state index in [0.29, 0.717) is 18.4 Å². The van der Waals surface area contributed by atoms with Crippen LogP contribution in [0.15, 0.2) is 48.2 Å². The van der Waals surface area contributed by atoms with Crippen LogP contribution in [-0.4, -0.2) is 10.8 Å². The fourth-order valence-corrected chi connectivity index (χ4v) is 2.69. The number of halogens is 1. The summed E-state index contributed by atoms with van der Waals surface area (Å²) < 4.78 is 15.3. The van der Waals surface area contributed by atoms with Gasteiger partial charge in [0.25, 0.3) is 0 Å². The average Bonchev–Trinajstić information content (AvgIpc) is 2.51. The summed E-state index contributed by atoms with van der Waals surface area (Å²) in [5, 5.41) is 18.2. The Labute approximate surface area is 125 Å². The van der Waals surface area contributed by atoms with Gasteiger partial charge in [0, 0.05) is 18.4 Å². The van der Waals surface area contributed by atoms with Gasteiger partial charge in [-0.25, -0.2) is 4.39 Å². The Bertz CT molecular complexity index is 571. The van der Waals surface area contributed by atoms with Crippen LogP contribution in [0.4, 0.5) is 4.39 Å². The Kier molecular flexibility index (Phi) is 5.16. The summed E-state index contributed by atoms with van der Waals surface area (Å²) in [7, 11) is 0. The Morgan fingerprint density at radius 3 is 2.67 bits per heavy atom. The molecule has 1 aliphatic carbocycles. The topological polar surface area (TPSA) is 44.0 Å². The first-order valence-corrected chi connectivity index (χ1v) is 7.38. The van der Waals surface area contributed by atoms with Crippen molar-refractivity contribution in [1.29, 1.82) is 5.26 Å². The third-order valence-electron chi connectivity index (χ3n) is 3.86. The molecule has 1 aromatic carbocycles. The van der Waals surface area contributed by atoms with Crippen LogP contribution in [-0.2, 0) is 0 Å². The quantitative estimate of drug-likeness (QED) is 0.739. The van der Waals surface area contributed by atoms with E-state index in [0.717, 1.165) is 24.8 Å². The number of alkyl halides is 1. The van der Waals surface area contributed by atoms with Gasteiger partial charge in [-0.05, 0) is 37.0 Å². The van der Waals surface area contributed by atoms with E-state index >= 15 is 4.39 Å². The molecule has 0 saturated carbocycles. The molecule has 1 atom stereocenters. The number of nitriles is 1. The minimum absolute atomic E-state index is 0.131. The third-order valence-corrected chi connectivity index (χ3v) is 3.86. The second-order valence-electron chi connectivity index (χ2n) is 5.44. The second kappa shape index (κ2) is 7.08. The molecule has 1 aliphatic rings. The van der Waals surface area contributed by atoms with Gasteiger partial charge in [-0.1, -0.05) is 36.8 Å². The van der Waals surface area contributed by atoms with Gasteiger partial charge >= 0.3 is 0 Å². The summed E-state index contributed by atoms with van der Waals surface area (Å²) in [5.74, 6) is 0.131. The third kappa shape index (κ3) is 3.95. The van der Waals surface area contributed by atoms with Crippen LogP contribution < -0.4 is 0 Å². The molecule has 0 heterocycles. The lowest BCUT2D eigenvalue weighted by Crippen LogP contribution is -2.26. The zero-order valence-corrected chi connectivity index (χ0v) is 12.1. The fourth-order valence-electron chi connectivity index (χ4n) is 2.69. The largest absolute Gasteiger partial charge is 0.508 e. The molecule has 0 radical (unpaired) electrons. The number of aliphatic hydroxyl groups is 1. The number of nitrogens with zero attached hydrogens (tertiary/aromatic N) is 1. The molecular formula is C18H20FNO. The molecule has 0 amide bonds.